The van der Waals surface area contributed by atoms with Crippen molar-refractivity contribution in [2.45, 2.75) is 0 Å². The van der Waals surface area contributed by atoms with Crippen LogP contribution in [0.2, 0.25) is 0 Å². The Bertz CT molecular complexity index is 1330. The molecule has 0 saturated carbocycles. The monoisotopic (exact) mass is 366 g/mol. The maximum absolute atomic E-state index is 10.7. The molecule has 5 nitrogen and oxygen atoms in total. The second kappa shape index (κ2) is 6.39. The fourth-order valence-corrected chi connectivity index (χ4v) is 3.55. The topological polar surface area (TPSA) is 66.2 Å². The van der Waals surface area contributed by atoms with Gasteiger partial charge >= 0.3 is 0 Å². The maximum atomic E-state index is 10.7. The first-order chi connectivity index (χ1) is 13.7. The highest BCUT2D eigenvalue weighted by atomic mass is 16.3. The largest absolute Gasteiger partial charge is 0.494 e. The molecule has 2 heterocycles. The third kappa shape index (κ3) is 2.65. The molecule has 3 aromatic carbocycles. The minimum Gasteiger partial charge on any atom is -0.494 e. The van der Waals surface area contributed by atoms with E-state index in [1.807, 2.05) is 84.4 Å². The molecule has 0 aliphatic rings. The van der Waals surface area contributed by atoms with E-state index in [9.17, 15) is 5.11 Å². The predicted molar refractivity (Wildman–Crippen MR) is 112 cm³/mol. The van der Waals surface area contributed by atoms with Crippen LogP contribution in [0.15, 0.2) is 84.1 Å². The number of H-pyrrole nitrogens is 1. The number of nitrogens with zero attached hydrogens (tertiary/aromatic N) is 3. The van der Waals surface area contributed by atoms with Gasteiger partial charge in [-0.15, -0.1) is 0 Å². The number of aliphatic imine (C=N–C) groups is 1. The van der Waals surface area contributed by atoms with Gasteiger partial charge in [0.2, 0.25) is 0 Å². The summed E-state index contributed by atoms with van der Waals surface area (Å²) in [6.45, 7) is 0. The third-order valence-corrected chi connectivity index (χ3v) is 4.92. The zero-order valence-electron chi connectivity index (χ0n) is 15.3. The highest BCUT2D eigenvalue weighted by Gasteiger charge is 2.18. The van der Waals surface area contributed by atoms with Crippen molar-refractivity contribution in [2.24, 2.45) is 12.0 Å². The molecule has 2 aromatic heterocycles. The van der Waals surface area contributed by atoms with Crippen molar-refractivity contribution in [1.82, 2.24) is 14.5 Å². The molecular weight excluding hydrogens is 348 g/mol. The van der Waals surface area contributed by atoms with Crippen LogP contribution < -0.4 is 0 Å². The van der Waals surface area contributed by atoms with Crippen LogP contribution in [-0.4, -0.2) is 25.4 Å². The Kier molecular flexibility index (Phi) is 3.72. The Morgan fingerprint density at radius 2 is 1.79 bits per heavy atom. The number of aryl methyl sites for hydroxylation is 1. The molecule has 0 radical (unpaired) electrons. The first-order valence-electron chi connectivity index (χ1n) is 9.06. The van der Waals surface area contributed by atoms with Crippen LogP contribution >= 0.6 is 0 Å². The van der Waals surface area contributed by atoms with Gasteiger partial charge in [-0.25, -0.2) is 9.98 Å². The van der Waals surface area contributed by atoms with Crippen molar-refractivity contribution < 1.29 is 5.11 Å². The highest BCUT2D eigenvalue weighted by molar-refractivity contribution is 6.21. The molecule has 5 aromatic rings. The number of fused-ring (bicyclic) bond motifs is 2. The smallest absolute Gasteiger partial charge is 0.199 e. The molecular formula is C23H18N4O. The third-order valence-electron chi connectivity index (χ3n) is 4.92. The number of rotatable bonds is 3. The zero-order chi connectivity index (χ0) is 19.1. The first kappa shape index (κ1) is 16.3. The predicted octanol–water partition coefficient (Wildman–Crippen LogP) is 4.93. The number of para-hydroxylation sites is 1. The molecule has 0 aliphatic carbocycles. The lowest BCUT2D eigenvalue weighted by atomic mass is 10.0. The van der Waals surface area contributed by atoms with E-state index in [1.165, 1.54) is 0 Å². The van der Waals surface area contributed by atoms with E-state index in [2.05, 4.69) is 9.97 Å². The lowest BCUT2D eigenvalue weighted by Crippen LogP contribution is -2.02. The van der Waals surface area contributed by atoms with Gasteiger partial charge in [-0.3, -0.25) is 0 Å². The van der Waals surface area contributed by atoms with Crippen molar-refractivity contribution in [3.8, 4) is 5.88 Å². The molecule has 0 bridgehead atoms. The van der Waals surface area contributed by atoms with Gasteiger partial charge in [-0.2, -0.15) is 0 Å². The van der Waals surface area contributed by atoms with Crippen LogP contribution in [0, 0.1) is 0 Å². The lowest BCUT2D eigenvalue weighted by molar-refractivity contribution is 0.457. The molecule has 2 N–H and O–H groups in total. The number of aromatic amines is 1. The van der Waals surface area contributed by atoms with Gasteiger partial charge < -0.3 is 14.7 Å². The number of benzene rings is 3. The molecule has 136 valence electrons. The molecule has 0 amide bonds. The summed E-state index contributed by atoms with van der Waals surface area (Å²) in [4.78, 5) is 12.4. The zero-order valence-corrected chi connectivity index (χ0v) is 15.3. The molecule has 0 unspecified atom stereocenters. The van der Waals surface area contributed by atoms with E-state index in [0.717, 1.165) is 33.2 Å². The van der Waals surface area contributed by atoms with Crippen molar-refractivity contribution in [1.29, 1.82) is 0 Å². The standard InChI is InChI=1S/C23H18N4O/c1-27-14-24-19-13-16(11-12-20(19)27)25-22(15-7-3-2-4-8-15)21-17-9-5-6-10-18(17)26-23(21)28/h2-14,26,28H,1H3. The number of hydrogen-bond donors (Lipinski definition) is 2. The van der Waals surface area contributed by atoms with E-state index in [0.29, 0.717) is 11.3 Å². The second-order valence-electron chi connectivity index (χ2n) is 6.75. The Morgan fingerprint density at radius 3 is 2.64 bits per heavy atom. The summed E-state index contributed by atoms with van der Waals surface area (Å²) in [5.74, 6) is 0.114. The van der Waals surface area contributed by atoms with Crippen LogP contribution in [0.3, 0.4) is 0 Å². The normalized spacial score (nSPS) is 12.1. The number of imidazole rings is 1. The van der Waals surface area contributed by atoms with E-state index in [1.54, 1.807) is 6.33 Å². The average Bonchev–Trinajstić information content (AvgIpc) is 3.26. The van der Waals surface area contributed by atoms with Crippen LogP contribution in [-0.2, 0) is 7.05 Å². The van der Waals surface area contributed by atoms with Crippen molar-refractivity contribution in [3.05, 3.63) is 90.3 Å². The molecule has 0 atom stereocenters. The van der Waals surface area contributed by atoms with Crippen LogP contribution in [0.5, 0.6) is 5.88 Å². The second-order valence-corrected chi connectivity index (χ2v) is 6.75. The van der Waals surface area contributed by atoms with Gasteiger partial charge in [-0.1, -0.05) is 48.5 Å². The average molecular weight is 366 g/mol. The molecule has 0 fully saturated rings. The molecule has 0 spiro atoms. The molecule has 5 heteroatoms. The van der Waals surface area contributed by atoms with Crippen molar-refractivity contribution in [3.63, 3.8) is 0 Å². The van der Waals surface area contributed by atoms with E-state index in [-0.39, 0.29) is 5.88 Å². The number of aromatic hydroxyl groups is 1. The molecule has 28 heavy (non-hydrogen) atoms. The maximum Gasteiger partial charge on any atom is 0.199 e. The Morgan fingerprint density at radius 1 is 1.00 bits per heavy atom. The van der Waals surface area contributed by atoms with E-state index in [4.69, 9.17) is 4.99 Å². The minimum atomic E-state index is 0.114. The van der Waals surface area contributed by atoms with Crippen LogP contribution in [0.4, 0.5) is 5.69 Å². The quantitative estimate of drug-likeness (QED) is 0.445. The van der Waals surface area contributed by atoms with E-state index >= 15 is 0 Å². The van der Waals surface area contributed by atoms with Gasteiger partial charge in [-0.05, 0) is 24.3 Å². The summed E-state index contributed by atoms with van der Waals surface area (Å²) in [7, 11) is 1.97. The fraction of sp³-hybridized carbons (Fsp3) is 0.0435. The Balaban J connectivity index is 1.76. The lowest BCUT2D eigenvalue weighted by Gasteiger charge is -2.08. The summed E-state index contributed by atoms with van der Waals surface area (Å²) in [5, 5.41) is 11.6. The van der Waals surface area contributed by atoms with Crippen LogP contribution in [0.25, 0.3) is 21.9 Å². The molecule has 5 rings (SSSR count). The number of aromatic nitrogens is 3. The summed E-state index contributed by atoms with van der Waals surface area (Å²) < 4.78 is 1.98. The fourth-order valence-electron chi connectivity index (χ4n) is 3.55. The number of nitrogens with one attached hydrogen (secondary N) is 1. The van der Waals surface area contributed by atoms with Gasteiger partial charge in [0, 0.05) is 23.5 Å². The summed E-state index contributed by atoms with van der Waals surface area (Å²) in [5.41, 5.74) is 5.94. The summed E-state index contributed by atoms with van der Waals surface area (Å²) >= 11 is 0. The van der Waals surface area contributed by atoms with E-state index < -0.39 is 0 Å². The van der Waals surface area contributed by atoms with Crippen LogP contribution in [0.1, 0.15) is 11.1 Å². The van der Waals surface area contributed by atoms with Crippen molar-refractivity contribution in [2.75, 3.05) is 0 Å². The summed E-state index contributed by atoms with van der Waals surface area (Å²) in [6, 6.07) is 23.7. The summed E-state index contributed by atoms with van der Waals surface area (Å²) in [6.07, 6.45) is 1.79. The molecule has 0 saturated heterocycles. The first-order valence-corrected chi connectivity index (χ1v) is 9.06. The Hall–Kier alpha value is -3.86. The van der Waals surface area contributed by atoms with Gasteiger partial charge in [0.05, 0.1) is 34.3 Å². The van der Waals surface area contributed by atoms with Crippen molar-refractivity contribution >= 4 is 33.3 Å². The SMILES string of the molecule is Cn1cnc2cc(N=C(c3ccccc3)c3c(O)[nH]c4ccccc34)ccc21. The number of hydrogen-bond acceptors (Lipinski definition) is 3. The van der Waals surface area contributed by atoms with Gasteiger partial charge in [0.25, 0.3) is 0 Å². The van der Waals surface area contributed by atoms with Gasteiger partial charge in [0.1, 0.15) is 0 Å². The Labute approximate surface area is 161 Å². The minimum absolute atomic E-state index is 0.114. The highest BCUT2D eigenvalue weighted by Crippen LogP contribution is 2.31. The molecule has 0 aliphatic heterocycles. The van der Waals surface area contributed by atoms with Gasteiger partial charge in [0.15, 0.2) is 5.88 Å².